The number of halogens is 2. The molecule has 0 radical (unpaired) electrons. The van der Waals surface area contributed by atoms with E-state index in [0.717, 1.165) is 5.56 Å². The first-order chi connectivity index (χ1) is 12.4. The molecule has 26 heavy (non-hydrogen) atoms. The summed E-state index contributed by atoms with van der Waals surface area (Å²) in [7, 11) is 1.50. The molecule has 2 rings (SSSR count). The highest BCUT2D eigenvalue weighted by Crippen LogP contribution is 2.31. The van der Waals surface area contributed by atoms with E-state index in [4.69, 9.17) is 27.9 Å². The summed E-state index contributed by atoms with van der Waals surface area (Å²) in [5.74, 6) is -0.0758. The average molecular weight is 395 g/mol. The molecule has 7 heteroatoms. The summed E-state index contributed by atoms with van der Waals surface area (Å²) in [6, 6.07) is 12.4. The number of benzene rings is 2. The number of nitrogens with zero attached hydrogens (tertiary/aromatic N) is 1. The number of hydrogen-bond acceptors (Lipinski definition) is 3. The molecule has 0 unspecified atom stereocenters. The second-order valence-corrected chi connectivity index (χ2v) is 6.52. The predicted octanol–water partition coefficient (Wildman–Crippen LogP) is 3.71. The lowest BCUT2D eigenvalue weighted by atomic mass is 10.1. The van der Waals surface area contributed by atoms with Crippen molar-refractivity contribution >= 4 is 40.7 Å². The Morgan fingerprint density at radius 3 is 2.35 bits per heavy atom. The Balaban J connectivity index is 1.99. The number of ether oxygens (including phenoxy) is 1. The van der Waals surface area contributed by atoms with Crippen molar-refractivity contribution in [3.05, 3.63) is 58.1 Å². The van der Waals surface area contributed by atoms with E-state index in [2.05, 4.69) is 5.32 Å². The van der Waals surface area contributed by atoms with Crippen molar-refractivity contribution in [3.8, 4) is 5.75 Å². The fourth-order valence-corrected chi connectivity index (χ4v) is 2.73. The van der Waals surface area contributed by atoms with E-state index >= 15 is 0 Å². The number of carbonyl (C=O) groups excluding carboxylic acids is 2. The molecule has 0 aliphatic rings. The van der Waals surface area contributed by atoms with E-state index in [1.54, 1.807) is 18.2 Å². The van der Waals surface area contributed by atoms with Crippen LogP contribution < -0.4 is 15.0 Å². The monoisotopic (exact) mass is 394 g/mol. The van der Waals surface area contributed by atoms with Crippen LogP contribution in [0.5, 0.6) is 5.75 Å². The molecule has 1 N–H and O–H groups in total. The maximum atomic E-state index is 12.3. The van der Waals surface area contributed by atoms with E-state index in [0.29, 0.717) is 34.4 Å². The zero-order valence-electron chi connectivity index (χ0n) is 14.6. The molecule has 0 saturated carbocycles. The molecule has 0 saturated heterocycles. The van der Waals surface area contributed by atoms with Crippen LogP contribution in [0, 0.1) is 0 Å². The molecule has 138 valence electrons. The van der Waals surface area contributed by atoms with Gasteiger partial charge in [-0.3, -0.25) is 14.5 Å². The van der Waals surface area contributed by atoms with Gasteiger partial charge in [0.25, 0.3) is 0 Å². The largest absolute Gasteiger partial charge is 0.495 e. The molecule has 0 heterocycles. The van der Waals surface area contributed by atoms with E-state index in [1.165, 1.54) is 18.9 Å². The van der Waals surface area contributed by atoms with Crippen LogP contribution in [0.4, 0.5) is 5.69 Å². The molecule has 2 aromatic carbocycles. The number of anilines is 1. The SMILES string of the molecule is COc1ccc(Cl)cc1N(CC(=O)NCCc1ccc(Cl)cc1)C(C)=O. The Bertz CT molecular complexity index is 779. The van der Waals surface area contributed by atoms with Crippen molar-refractivity contribution in [1.82, 2.24) is 5.32 Å². The third kappa shape index (κ3) is 5.64. The number of amides is 2. The molecule has 0 spiro atoms. The topological polar surface area (TPSA) is 58.6 Å². The van der Waals surface area contributed by atoms with Crippen LogP contribution in [0.2, 0.25) is 10.0 Å². The van der Waals surface area contributed by atoms with E-state index in [-0.39, 0.29) is 18.4 Å². The number of carbonyl (C=O) groups is 2. The molecular formula is C19H20Cl2N2O3. The van der Waals surface area contributed by atoms with Crippen LogP contribution in [-0.2, 0) is 16.0 Å². The Hall–Kier alpha value is -2.24. The zero-order valence-corrected chi connectivity index (χ0v) is 16.1. The van der Waals surface area contributed by atoms with Crippen molar-refractivity contribution in [2.75, 3.05) is 25.1 Å². The van der Waals surface area contributed by atoms with Crippen LogP contribution >= 0.6 is 23.2 Å². The third-order valence-corrected chi connectivity index (χ3v) is 4.25. The van der Waals surface area contributed by atoms with Crippen molar-refractivity contribution in [2.45, 2.75) is 13.3 Å². The maximum Gasteiger partial charge on any atom is 0.240 e. The molecule has 0 fully saturated rings. The minimum atomic E-state index is -0.279. The summed E-state index contributed by atoms with van der Waals surface area (Å²) >= 11 is 11.9. The molecule has 2 aromatic rings. The van der Waals surface area contributed by atoms with Gasteiger partial charge in [-0.25, -0.2) is 0 Å². The van der Waals surface area contributed by atoms with Gasteiger partial charge in [-0.1, -0.05) is 35.3 Å². The van der Waals surface area contributed by atoms with Crippen LogP contribution in [0.15, 0.2) is 42.5 Å². The maximum absolute atomic E-state index is 12.3. The van der Waals surface area contributed by atoms with Gasteiger partial charge < -0.3 is 10.1 Å². The lowest BCUT2D eigenvalue weighted by Crippen LogP contribution is -2.40. The highest BCUT2D eigenvalue weighted by molar-refractivity contribution is 6.31. The molecule has 0 aliphatic heterocycles. The lowest BCUT2D eigenvalue weighted by Gasteiger charge is -2.23. The van der Waals surface area contributed by atoms with Gasteiger partial charge in [0.2, 0.25) is 11.8 Å². The molecule has 0 aromatic heterocycles. The second kappa shape index (κ2) is 9.46. The molecule has 0 bridgehead atoms. The summed E-state index contributed by atoms with van der Waals surface area (Å²) in [6.45, 7) is 1.73. The van der Waals surface area contributed by atoms with Gasteiger partial charge in [-0.2, -0.15) is 0 Å². The van der Waals surface area contributed by atoms with Gasteiger partial charge in [0.15, 0.2) is 0 Å². The van der Waals surface area contributed by atoms with Gasteiger partial charge >= 0.3 is 0 Å². The first-order valence-electron chi connectivity index (χ1n) is 8.03. The smallest absolute Gasteiger partial charge is 0.240 e. The standard InChI is InChI=1S/C19H20Cl2N2O3/c1-13(24)23(17-11-16(21)7-8-18(17)26-2)12-19(25)22-10-9-14-3-5-15(20)6-4-14/h3-8,11H,9-10,12H2,1-2H3,(H,22,25). The molecule has 0 atom stereocenters. The molecular weight excluding hydrogens is 375 g/mol. The molecule has 5 nitrogen and oxygen atoms in total. The lowest BCUT2D eigenvalue weighted by molar-refractivity contribution is -0.123. The summed E-state index contributed by atoms with van der Waals surface area (Å²) in [6.07, 6.45) is 0.670. The fraction of sp³-hybridized carbons (Fsp3) is 0.263. The summed E-state index contributed by atoms with van der Waals surface area (Å²) in [5, 5.41) is 3.94. The quantitative estimate of drug-likeness (QED) is 0.778. The fourth-order valence-electron chi connectivity index (χ4n) is 2.44. The van der Waals surface area contributed by atoms with Crippen molar-refractivity contribution in [2.24, 2.45) is 0 Å². The van der Waals surface area contributed by atoms with Crippen LogP contribution in [-0.4, -0.2) is 32.0 Å². The highest BCUT2D eigenvalue weighted by Gasteiger charge is 2.19. The highest BCUT2D eigenvalue weighted by atomic mass is 35.5. The first kappa shape index (κ1) is 20.1. The normalized spacial score (nSPS) is 10.3. The zero-order chi connectivity index (χ0) is 19.1. The van der Waals surface area contributed by atoms with E-state index in [9.17, 15) is 9.59 Å². The number of hydrogen-bond donors (Lipinski definition) is 1. The summed E-state index contributed by atoms with van der Waals surface area (Å²) in [4.78, 5) is 25.6. The number of rotatable bonds is 7. The minimum absolute atomic E-state index is 0.118. The minimum Gasteiger partial charge on any atom is -0.495 e. The Kier molecular flexibility index (Phi) is 7.30. The van der Waals surface area contributed by atoms with Gasteiger partial charge in [-0.15, -0.1) is 0 Å². The number of nitrogens with one attached hydrogen (secondary N) is 1. The average Bonchev–Trinajstić information content (AvgIpc) is 2.61. The van der Waals surface area contributed by atoms with E-state index in [1.807, 2.05) is 24.3 Å². The van der Waals surface area contributed by atoms with Crippen molar-refractivity contribution in [3.63, 3.8) is 0 Å². The summed E-state index contributed by atoms with van der Waals surface area (Å²) < 4.78 is 5.27. The third-order valence-electron chi connectivity index (χ3n) is 3.76. The van der Waals surface area contributed by atoms with Gasteiger partial charge in [-0.05, 0) is 42.3 Å². The molecule has 0 aliphatic carbocycles. The Labute approximate surface area is 162 Å². The molecule has 2 amide bonds. The van der Waals surface area contributed by atoms with Gasteiger partial charge in [0.1, 0.15) is 12.3 Å². The van der Waals surface area contributed by atoms with Crippen molar-refractivity contribution < 1.29 is 14.3 Å². The van der Waals surface area contributed by atoms with E-state index < -0.39 is 0 Å². The predicted molar refractivity (Wildman–Crippen MR) is 104 cm³/mol. The van der Waals surface area contributed by atoms with Crippen LogP contribution in [0.1, 0.15) is 12.5 Å². The number of methoxy groups -OCH3 is 1. The Morgan fingerprint density at radius 1 is 1.08 bits per heavy atom. The summed E-state index contributed by atoms with van der Waals surface area (Å²) in [5.41, 5.74) is 1.52. The van der Waals surface area contributed by atoms with Crippen LogP contribution in [0.3, 0.4) is 0 Å². The first-order valence-corrected chi connectivity index (χ1v) is 8.79. The second-order valence-electron chi connectivity index (χ2n) is 5.65. The van der Waals surface area contributed by atoms with Gasteiger partial charge in [0, 0.05) is 23.5 Å². The van der Waals surface area contributed by atoms with Gasteiger partial charge in [0.05, 0.1) is 12.8 Å². The van der Waals surface area contributed by atoms with Crippen LogP contribution in [0.25, 0.3) is 0 Å². The van der Waals surface area contributed by atoms with Crippen molar-refractivity contribution in [1.29, 1.82) is 0 Å². The Morgan fingerprint density at radius 2 is 1.73 bits per heavy atom.